The molecule has 3 unspecified atom stereocenters. The van der Waals surface area contributed by atoms with Gasteiger partial charge in [0, 0.05) is 16.9 Å². The molecule has 1 aliphatic rings. The van der Waals surface area contributed by atoms with E-state index in [1.165, 1.54) is 6.08 Å². The Labute approximate surface area is 148 Å². The van der Waals surface area contributed by atoms with Gasteiger partial charge in [-0.2, -0.15) is 8.42 Å². The van der Waals surface area contributed by atoms with Crippen LogP contribution in [0.3, 0.4) is 0 Å². The molecule has 1 rings (SSSR count). The Morgan fingerprint density at radius 3 is 2.52 bits per heavy atom. The van der Waals surface area contributed by atoms with Crippen molar-refractivity contribution in [2.75, 3.05) is 12.9 Å². The molecule has 0 bridgehead atoms. The summed E-state index contributed by atoms with van der Waals surface area (Å²) < 4.78 is 39.1. The smallest absolute Gasteiger partial charge is 0.333 e. The molecule has 142 valence electrons. The van der Waals surface area contributed by atoms with Crippen LogP contribution in [-0.2, 0) is 28.6 Å². The lowest BCUT2D eigenvalue weighted by atomic mass is 9.90. The van der Waals surface area contributed by atoms with Crippen molar-refractivity contribution in [3.05, 3.63) is 22.1 Å². The number of carbonyl (C=O) groups excluding carboxylic acids is 1. The molecule has 0 saturated carbocycles. The molecule has 9 nitrogen and oxygen atoms in total. The van der Waals surface area contributed by atoms with E-state index in [4.69, 9.17) is 19.2 Å². The van der Waals surface area contributed by atoms with E-state index in [0.717, 1.165) is 19.1 Å². The molecular weight excluding hydrogens is 350 g/mol. The van der Waals surface area contributed by atoms with Crippen LogP contribution in [-0.4, -0.2) is 51.6 Å². The molecule has 0 heterocycles. The van der Waals surface area contributed by atoms with Crippen LogP contribution in [0.1, 0.15) is 40.0 Å². The predicted molar refractivity (Wildman–Crippen MR) is 91.2 cm³/mol. The molecule has 10 heteroatoms. The highest BCUT2D eigenvalue weighted by Gasteiger charge is 2.39. The Balaban J connectivity index is 3.24. The lowest BCUT2D eigenvalue weighted by molar-refractivity contribution is -0.139. The highest BCUT2D eigenvalue weighted by atomic mass is 32.2. The molecule has 0 aromatic heterocycles. The zero-order chi connectivity index (χ0) is 19.0. The third kappa shape index (κ3) is 6.66. The highest BCUT2D eigenvalue weighted by Crippen LogP contribution is 2.29. The second-order valence-corrected chi connectivity index (χ2v) is 7.29. The minimum Gasteiger partial charge on any atom is -0.463 e. The molecule has 0 aliphatic heterocycles. The fourth-order valence-electron chi connectivity index (χ4n) is 2.63. The topological polar surface area (TPSA) is 128 Å². The van der Waals surface area contributed by atoms with E-state index in [1.54, 1.807) is 6.92 Å². The first kappa shape index (κ1) is 21.4. The normalized spacial score (nSPS) is 23.7. The summed E-state index contributed by atoms with van der Waals surface area (Å²) in [6, 6.07) is -0.904. The molecule has 1 aliphatic carbocycles. The van der Waals surface area contributed by atoms with Crippen LogP contribution in [0.4, 0.5) is 0 Å². The fourth-order valence-corrected chi connectivity index (χ4v) is 3.26. The van der Waals surface area contributed by atoms with Crippen LogP contribution >= 0.6 is 0 Å². The Bertz CT molecular complexity index is 638. The van der Waals surface area contributed by atoms with Gasteiger partial charge in [-0.3, -0.25) is 4.18 Å². The van der Waals surface area contributed by atoms with Gasteiger partial charge >= 0.3 is 5.97 Å². The van der Waals surface area contributed by atoms with E-state index in [-0.39, 0.29) is 24.7 Å². The summed E-state index contributed by atoms with van der Waals surface area (Å²) >= 11 is 0. The predicted octanol–water partition coefficient (Wildman–Crippen LogP) is 2.48. The minimum absolute atomic E-state index is 0.0433. The molecule has 25 heavy (non-hydrogen) atoms. The number of ether oxygens (including phenoxy) is 2. The van der Waals surface area contributed by atoms with Crippen molar-refractivity contribution < 1.29 is 26.9 Å². The van der Waals surface area contributed by atoms with Crippen molar-refractivity contribution in [1.82, 2.24) is 0 Å². The molecule has 0 aromatic carbocycles. The van der Waals surface area contributed by atoms with Crippen molar-refractivity contribution >= 4 is 16.1 Å². The monoisotopic (exact) mass is 375 g/mol. The van der Waals surface area contributed by atoms with Gasteiger partial charge in [0.1, 0.15) is 0 Å². The third-order valence-corrected chi connectivity index (χ3v) is 4.38. The van der Waals surface area contributed by atoms with Crippen molar-refractivity contribution in [2.24, 2.45) is 5.11 Å². The summed E-state index contributed by atoms with van der Waals surface area (Å²) in [7, 11) is -3.82. The first-order valence-electron chi connectivity index (χ1n) is 8.21. The van der Waals surface area contributed by atoms with Crippen LogP contribution < -0.4 is 0 Å². The summed E-state index contributed by atoms with van der Waals surface area (Å²) in [6.07, 6.45) is 1.90. The standard InChI is InChI=1S/C15H25N3O6S/c1-5-11(6-2)23-12-8-10(15(19)22-7-3)9-13(14(12)17-18-16)24-25(4,20)21/h8,11-14H,5-7,9H2,1-4H3. The van der Waals surface area contributed by atoms with Crippen LogP contribution in [0.25, 0.3) is 10.4 Å². The number of hydrogen-bond donors (Lipinski definition) is 0. The molecule has 0 fully saturated rings. The van der Waals surface area contributed by atoms with E-state index >= 15 is 0 Å². The van der Waals surface area contributed by atoms with E-state index in [1.807, 2.05) is 13.8 Å². The van der Waals surface area contributed by atoms with Gasteiger partial charge in [0.25, 0.3) is 10.1 Å². The number of hydrogen-bond acceptors (Lipinski definition) is 7. The van der Waals surface area contributed by atoms with E-state index in [2.05, 4.69) is 10.0 Å². The van der Waals surface area contributed by atoms with Gasteiger partial charge in [0.05, 0.1) is 37.2 Å². The van der Waals surface area contributed by atoms with Crippen molar-refractivity contribution in [3.63, 3.8) is 0 Å². The van der Waals surface area contributed by atoms with Crippen molar-refractivity contribution in [2.45, 2.75) is 64.4 Å². The summed E-state index contributed by atoms with van der Waals surface area (Å²) in [4.78, 5) is 14.9. The molecule has 3 atom stereocenters. The molecule has 0 amide bonds. The summed E-state index contributed by atoms with van der Waals surface area (Å²) in [5, 5.41) is 3.66. The Morgan fingerprint density at radius 1 is 1.40 bits per heavy atom. The van der Waals surface area contributed by atoms with E-state index in [9.17, 15) is 13.2 Å². The highest BCUT2D eigenvalue weighted by molar-refractivity contribution is 7.86. The second kappa shape index (κ2) is 9.76. The summed E-state index contributed by atoms with van der Waals surface area (Å²) in [5.41, 5.74) is 9.09. The number of azide groups is 1. The van der Waals surface area contributed by atoms with Crippen LogP contribution in [0, 0.1) is 0 Å². The number of rotatable bonds is 9. The molecule has 0 radical (unpaired) electrons. The first-order valence-corrected chi connectivity index (χ1v) is 10.0. The number of esters is 1. The third-order valence-electron chi connectivity index (χ3n) is 3.79. The van der Waals surface area contributed by atoms with Gasteiger partial charge < -0.3 is 9.47 Å². The van der Waals surface area contributed by atoms with E-state index < -0.39 is 34.3 Å². The van der Waals surface area contributed by atoms with Gasteiger partial charge in [-0.15, -0.1) is 0 Å². The second-order valence-electron chi connectivity index (χ2n) is 5.69. The average Bonchev–Trinajstić information content (AvgIpc) is 2.53. The zero-order valence-corrected chi connectivity index (χ0v) is 15.7. The van der Waals surface area contributed by atoms with Crippen molar-refractivity contribution in [3.8, 4) is 0 Å². The lowest BCUT2D eigenvalue weighted by Gasteiger charge is -2.34. The van der Waals surface area contributed by atoms with Gasteiger partial charge in [-0.25, -0.2) is 4.79 Å². The van der Waals surface area contributed by atoms with Crippen molar-refractivity contribution in [1.29, 1.82) is 0 Å². The van der Waals surface area contributed by atoms with Crippen LogP contribution in [0.2, 0.25) is 0 Å². The lowest BCUT2D eigenvalue weighted by Crippen LogP contribution is -2.44. The Hall–Kier alpha value is -1.61. The minimum atomic E-state index is -3.82. The maximum atomic E-state index is 12.1. The first-order chi connectivity index (χ1) is 11.8. The molecule has 0 spiro atoms. The van der Waals surface area contributed by atoms with Crippen LogP contribution in [0.15, 0.2) is 16.8 Å². The summed E-state index contributed by atoms with van der Waals surface area (Å²) in [6.45, 7) is 5.75. The fraction of sp³-hybridized carbons (Fsp3) is 0.800. The van der Waals surface area contributed by atoms with E-state index in [0.29, 0.717) is 0 Å². The molecular formula is C15H25N3O6S. The Kier molecular flexibility index (Phi) is 8.37. The quantitative estimate of drug-likeness (QED) is 0.200. The molecule has 0 N–H and O–H groups in total. The SMILES string of the molecule is CCOC(=O)C1=CC(OC(CC)CC)C(N=[N+]=[N-])C(OS(C)(=O)=O)C1. The van der Waals surface area contributed by atoms with Crippen LogP contribution in [0.5, 0.6) is 0 Å². The number of nitrogens with zero attached hydrogens (tertiary/aromatic N) is 3. The number of carbonyl (C=O) groups is 1. The molecule has 0 aromatic rings. The maximum Gasteiger partial charge on any atom is 0.333 e. The maximum absolute atomic E-state index is 12.1. The van der Waals surface area contributed by atoms with Gasteiger partial charge in [-0.1, -0.05) is 19.0 Å². The zero-order valence-electron chi connectivity index (χ0n) is 14.9. The Morgan fingerprint density at radius 2 is 2.04 bits per heavy atom. The van der Waals surface area contributed by atoms with Gasteiger partial charge in [0.15, 0.2) is 0 Å². The van der Waals surface area contributed by atoms with Gasteiger partial charge in [0.2, 0.25) is 0 Å². The van der Waals surface area contributed by atoms with Gasteiger partial charge in [-0.05, 0) is 31.4 Å². The molecule has 0 saturated heterocycles. The average molecular weight is 375 g/mol. The summed E-state index contributed by atoms with van der Waals surface area (Å²) in [5.74, 6) is -0.567. The largest absolute Gasteiger partial charge is 0.463 e.